The predicted molar refractivity (Wildman–Crippen MR) is 93.5 cm³/mol. The second-order valence-corrected chi connectivity index (χ2v) is 6.46. The highest BCUT2D eigenvalue weighted by molar-refractivity contribution is 5.97. The van der Waals surface area contributed by atoms with Gasteiger partial charge in [0.05, 0.1) is 5.54 Å². The van der Waals surface area contributed by atoms with Crippen molar-refractivity contribution in [2.24, 2.45) is 0 Å². The first-order valence-electron chi connectivity index (χ1n) is 7.67. The molecule has 2 rings (SSSR count). The third-order valence-electron chi connectivity index (χ3n) is 3.27. The molecular weight excluding hydrogens is 304 g/mol. The standard InChI is InChI=1S/C18H22N4O2/c1-13-10-11-15(19-12-13)20-17(24)22(18(2,3)4)21-16(23)14-8-6-5-7-9-14/h5-12H,1-4H3,(H,21,23)(H,19,20,24). The Bertz CT molecular complexity index is 706. The van der Waals surface area contributed by atoms with Gasteiger partial charge in [-0.3, -0.25) is 15.5 Å². The third kappa shape index (κ3) is 4.55. The smallest absolute Gasteiger partial charge is 0.291 e. The number of hydrazine groups is 1. The molecule has 0 fully saturated rings. The van der Waals surface area contributed by atoms with Crippen molar-refractivity contribution < 1.29 is 9.59 Å². The number of carbonyl (C=O) groups excluding carboxylic acids is 2. The molecule has 6 heteroatoms. The number of urea groups is 1. The van der Waals surface area contributed by atoms with E-state index >= 15 is 0 Å². The zero-order chi connectivity index (χ0) is 17.7. The molecule has 0 radical (unpaired) electrons. The number of benzene rings is 1. The summed E-state index contributed by atoms with van der Waals surface area (Å²) < 4.78 is 0. The average molecular weight is 326 g/mol. The lowest BCUT2D eigenvalue weighted by Crippen LogP contribution is -2.57. The first-order chi connectivity index (χ1) is 11.3. The van der Waals surface area contributed by atoms with Gasteiger partial charge in [-0.05, 0) is 51.5 Å². The summed E-state index contributed by atoms with van der Waals surface area (Å²) in [6.07, 6.45) is 1.67. The van der Waals surface area contributed by atoms with Crippen LogP contribution in [0.1, 0.15) is 36.7 Å². The summed E-state index contributed by atoms with van der Waals surface area (Å²) in [6.45, 7) is 7.42. The lowest BCUT2D eigenvalue weighted by atomic mass is 10.1. The summed E-state index contributed by atoms with van der Waals surface area (Å²) in [6, 6.07) is 11.9. The molecule has 0 saturated carbocycles. The van der Waals surface area contributed by atoms with Crippen LogP contribution in [0.2, 0.25) is 0 Å². The van der Waals surface area contributed by atoms with E-state index in [0.717, 1.165) is 5.56 Å². The minimum absolute atomic E-state index is 0.349. The van der Waals surface area contributed by atoms with E-state index < -0.39 is 11.6 Å². The molecule has 2 aromatic rings. The van der Waals surface area contributed by atoms with Gasteiger partial charge in [0.15, 0.2) is 0 Å². The molecule has 3 amide bonds. The molecule has 0 aliphatic rings. The minimum Gasteiger partial charge on any atom is -0.291 e. The Morgan fingerprint density at radius 3 is 2.25 bits per heavy atom. The van der Waals surface area contributed by atoms with E-state index in [1.165, 1.54) is 5.01 Å². The van der Waals surface area contributed by atoms with Crippen molar-refractivity contribution in [3.8, 4) is 0 Å². The van der Waals surface area contributed by atoms with Crippen LogP contribution in [0.4, 0.5) is 10.6 Å². The Kier molecular flexibility index (Phi) is 5.18. The molecule has 1 aromatic carbocycles. The lowest BCUT2D eigenvalue weighted by Gasteiger charge is -2.35. The highest BCUT2D eigenvalue weighted by Gasteiger charge is 2.29. The fraction of sp³-hybridized carbons (Fsp3) is 0.278. The number of hydrogen-bond acceptors (Lipinski definition) is 3. The first kappa shape index (κ1) is 17.5. The van der Waals surface area contributed by atoms with Crippen LogP contribution in [-0.4, -0.2) is 27.5 Å². The van der Waals surface area contributed by atoms with Gasteiger partial charge in [0.2, 0.25) is 0 Å². The molecule has 0 unspecified atom stereocenters. The van der Waals surface area contributed by atoms with Gasteiger partial charge in [-0.2, -0.15) is 0 Å². The molecule has 0 atom stereocenters. The number of pyridine rings is 1. The van der Waals surface area contributed by atoms with Gasteiger partial charge >= 0.3 is 6.03 Å². The van der Waals surface area contributed by atoms with E-state index in [0.29, 0.717) is 11.4 Å². The van der Waals surface area contributed by atoms with Gasteiger partial charge in [-0.25, -0.2) is 14.8 Å². The van der Waals surface area contributed by atoms with Gasteiger partial charge in [0.1, 0.15) is 5.82 Å². The number of rotatable bonds is 2. The molecule has 0 saturated heterocycles. The maximum atomic E-state index is 12.6. The van der Waals surface area contributed by atoms with Crippen molar-refractivity contribution >= 4 is 17.8 Å². The number of carbonyl (C=O) groups is 2. The van der Waals surface area contributed by atoms with E-state index in [1.807, 2.05) is 39.8 Å². The molecule has 0 spiro atoms. The van der Waals surface area contributed by atoms with Crippen LogP contribution < -0.4 is 10.7 Å². The average Bonchev–Trinajstić information content (AvgIpc) is 2.54. The Morgan fingerprint density at radius 1 is 1.04 bits per heavy atom. The summed E-state index contributed by atoms with van der Waals surface area (Å²) >= 11 is 0. The predicted octanol–water partition coefficient (Wildman–Crippen LogP) is 3.37. The molecule has 0 bridgehead atoms. The fourth-order valence-corrected chi connectivity index (χ4v) is 1.99. The topological polar surface area (TPSA) is 74.3 Å². The van der Waals surface area contributed by atoms with Gasteiger partial charge in [-0.1, -0.05) is 24.3 Å². The quantitative estimate of drug-likeness (QED) is 0.831. The molecule has 126 valence electrons. The highest BCUT2D eigenvalue weighted by atomic mass is 16.2. The van der Waals surface area contributed by atoms with Crippen molar-refractivity contribution in [1.29, 1.82) is 0 Å². The van der Waals surface area contributed by atoms with Crippen LogP contribution >= 0.6 is 0 Å². The molecule has 1 aromatic heterocycles. The minimum atomic E-state index is -0.612. The number of nitrogens with one attached hydrogen (secondary N) is 2. The summed E-state index contributed by atoms with van der Waals surface area (Å²) in [5.41, 5.74) is 3.53. The van der Waals surface area contributed by atoms with Gasteiger partial charge in [0, 0.05) is 11.8 Å². The van der Waals surface area contributed by atoms with E-state index in [2.05, 4.69) is 15.7 Å². The number of nitrogens with zero attached hydrogens (tertiary/aromatic N) is 2. The fourth-order valence-electron chi connectivity index (χ4n) is 1.99. The van der Waals surface area contributed by atoms with E-state index in [9.17, 15) is 9.59 Å². The second kappa shape index (κ2) is 7.12. The van der Waals surface area contributed by atoms with E-state index in [-0.39, 0.29) is 5.91 Å². The monoisotopic (exact) mass is 326 g/mol. The zero-order valence-electron chi connectivity index (χ0n) is 14.3. The number of hydrogen-bond donors (Lipinski definition) is 2. The van der Waals surface area contributed by atoms with Crippen LogP contribution in [-0.2, 0) is 0 Å². The Morgan fingerprint density at radius 2 is 1.71 bits per heavy atom. The Balaban J connectivity index is 2.14. The highest BCUT2D eigenvalue weighted by Crippen LogP contribution is 2.14. The van der Waals surface area contributed by atoms with E-state index in [1.54, 1.807) is 36.5 Å². The normalized spacial score (nSPS) is 10.8. The number of aryl methyl sites for hydroxylation is 1. The van der Waals surface area contributed by atoms with Crippen molar-refractivity contribution in [2.75, 3.05) is 5.32 Å². The Hall–Kier alpha value is -2.89. The van der Waals surface area contributed by atoms with Crippen molar-refractivity contribution in [2.45, 2.75) is 33.2 Å². The number of aromatic nitrogens is 1. The maximum absolute atomic E-state index is 12.6. The SMILES string of the molecule is Cc1ccc(NC(=O)N(NC(=O)c2ccccc2)C(C)(C)C)nc1. The van der Waals surface area contributed by atoms with Crippen LogP contribution in [0.5, 0.6) is 0 Å². The van der Waals surface area contributed by atoms with E-state index in [4.69, 9.17) is 0 Å². The largest absolute Gasteiger partial charge is 0.342 e. The second-order valence-electron chi connectivity index (χ2n) is 6.46. The summed E-state index contributed by atoms with van der Waals surface area (Å²) in [5.74, 6) is 0.0753. The van der Waals surface area contributed by atoms with Crippen LogP contribution in [0.3, 0.4) is 0 Å². The molecule has 24 heavy (non-hydrogen) atoms. The molecule has 0 aliphatic carbocycles. The number of amides is 3. The molecule has 1 heterocycles. The van der Waals surface area contributed by atoms with Crippen molar-refractivity contribution in [1.82, 2.24) is 15.4 Å². The Labute approximate surface area is 141 Å². The summed E-state index contributed by atoms with van der Waals surface area (Å²) in [4.78, 5) is 29.1. The van der Waals surface area contributed by atoms with Crippen molar-refractivity contribution in [3.63, 3.8) is 0 Å². The number of anilines is 1. The zero-order valence-corrected chi connectivity index (χ0v) is 14.3. The summed E-state index contributed by atoms with van der Waals surface area (Å²) in [7, 11) is 0. The van der Waals surface area contributed by atoms with Crippen LogP contribution in [0, 0.1) is 6.92 Å². The summed E-state index contributed by atoms with van der Waals surface area (Å²) in [5, 5.41) is 3.96. The molecule has 0 aliphatic heterocycles. The molecule has 2 N–H and O–H groups in total. The molecular formula is C18H22N4O2. The van der Waals surface area contributed by atoms with Gasteiger partial charge in [-0.15, -0.1) is 0 Å². The first-order valence-corrected chi connectivity index (χ1v) is 7.67. The van der Waals surface area contributed by atoms with Gasteiger partial charge < -0.3 is 0 Å². The van der Waals surface area contributed by atoms with Crippen LogP contribution in [0.25, 0.3) is 0 Å². The van der Waals surface area contributed by atoms with Gasteiger partial charge in [0.25, 0.3) is 5.91 Å². The third-order valence-corrected chi connectivity index (χ3v) is 3.27. The molecule has 6 nitrogen and oxygen atoms in total. The maximum Gasteiger partial charge on any atom is 0.342 e. The lowest BCUT2D eigenvalue weighted by molar-refractivity contribution is 0.0687. The van der Waals surface area contributed by atoms with Crippen molar-refractivity contribution in [3.05, 3.63) is 59.8 Å². The van der Waals surface area contributed by atoms with Crippen LogP contribution in [0.15, 0.2) is 48.7 Å².